The monoisotopic (exact) mass is 353 g/mol. The van der Waals surface area contributed by atoms with Crippen molar-refractivity contribution >= 4 is 11.6 Å². The van der Waals surface area contributed by atoms with E-state index in [2.05, 4.69) is 4.98 Å². The maximum absolute atomic E-state index is 14.1. The summed E-state index contributed by atoms with van der Waals surface area (Å²) in [5.74, 6) is 0.401. The molecule has 0 spiro atoms. The largest absolute Gasteiger partial charge is 0.469 e. The number of halogens is 2. The number of fused-ring (bicyclic) bond motifs is 1. The lowest BCUT2D eigenvalue weighted by Crippen LogP contribution is -2.16. The molecule has 126 valence electrons. The van der Waals surface area contributed by atoms with Crippen molar-refractivity contribution in [1.29, 1.82) is 0 Å². The van der Waals surface area contributed by atoms with Crippen molar-refractivity contribution in [1.82, 2.24) is 4.98 Å². The summed E-state index contributed by atoms with van der Waals surface area (Å²) in [6.45, 7) is 1.96. The normalized spacial score (nSPS) is 16.2. The van der Waals surface area contributed by atoms with Crippen LogP contribution in [0.2, 0.25) is 5.15 Å². The first-order valence-corrected chi connectivity index (χ1v) is 8.66. The summed E-state index contributed by atoms with van der Waals surface area (Å²) in [4.78, 5) is 4.27. The molecule has 0 bridgehead atoms. The fourth-order valence-corrected chi connectivity index (χ4v) is 3.33. The van der Waals surface area contributed by atoms with E-state index in [0.29, 0.717) is 16.6 Å². The van der Waals surface area contributed by atoms with Gasteiger partial charge in [-0.3, -0.25) is 0 Å². The number of hydrogen-bond acceptors (Lipinski definition) is 2. The molecular formula is C21H17ClFNO. The van der Waals surface area contributed by atoms with E-state index in [0.717, 1.165) is 35.1 Å². The number of rotatable bonds is 2. The van der Waals surface area contributed by atoms with Crippen molar-refractivity contribution in [3.8, 4) is 17.0 Å². The average molecular weight is 354 g/mol. The van der Waals surface area contributed by atoms with Crippen LogP contribution in [0.1, 0.15) is 29.2 Å². The third-order valence-corrected chi connectivity index (χ3v) is 4.76. The van der Waals surface area contributed by atoms with E-state index in [4.69, 9.17) is 16.3 Å². The Bertz CT molecular complexity index is 924. The SMILES string of the molecule is Cc1ccc(F)c(-c2ccc(C3CCc4ccc(Cl)nc4O3)cc2)c1. The van der Waals surface area contributed by atoms with Gasteiger partial charge in [0.25, 0.3) is 0 Å². The molecule has 1 aliphatic heterocycles. The maximum atomic E-state index is 14.1. The Morgan fingerprint density at radius 1 is 1.08 bits per heavy atom. The number of aromatic nitrogens is 1. The molecule has 0 amide bonds. The van der Waals surface area contributed by atoms with Crippen molar-refractivity contribution in [2.24, 2.45) is 0 Å². The predicted octanol–water partition coefficient (Wildman–Crippen LogP) is 5.92. The van der Waals surface area contributed by atoms with Crippen LogP contribution in [0, 0.1) is 12.7 Å². The quantitative estimate of drug-likeness (QED) is 0.534. The molecule has 4 rings (SSSR count). The number of pyridine rings is 1. The Hall–Kier alpha value is -2.39. The molecule has 2 heterocycles. The van der Waals surface area contributed by atoms with E-state index in [1.165, 1.54) is 6.07 Å². The summed E-state index contributed by atoms with van der Waals surface area (Å²) in [5, 5.41) is 0.435. The number of hydrogen-bond donors (Lipinski definition) is 0. The van der Waals surface area contributed by atoms with E-state index >= 15 is 0 Å². The summed E-state index contributed by atoms with van der Waals surface area (Å²) >= 11 is 5.96. The van der Waals surface area contributed by atoms with E-state index in [1.54, 1.807) is 12.1 Å². The van der Waals surface area contributed by atoms with Gasteiger partial charge in [0.05, 0.1) is 0 Å². The van der Waals surface area contributed by atoms with Crippen molar-refractivity contribution in [3.63, 3.8) is 0 Å². The van der Waals surface area contributed by atoms with Crippen molar-refractivity contribution in [2.75, 3.05) is 0 Å². The lowest BCUT2D eigenvalue weighted by molar-refractivity contribution is 0.168. The summed E-state index contributed by atoms with van der Waals surface area (Å²) < 4.78 is 20.1. The van der Waals surface area contributed by atoms with Crippen LogP contribution >= 0.6 is 11.6 Å². The summed E-state index contributed by atoms with van der Waals surface area (Å²) in [6, 6.07) is 16.8. The third kappa shape index (κ3) is 3.24. The van der Waals surface area contributed by atoms with E-state index in [1.807, 2.05) is 43.3 Å². The predicted molar refractivity (Wildman–Crippen MR) is 97.5 cm³/mol. The molecule has 0 N–H and O–H groups in total. The molecule has 1 unspecified atom stereocenters. The molecule has 0 saturated heterocycles. The Morgan fingerprint density at radius 2 is 1.88 bits per heavy atom. The first-order chi connectivity index (χ1) is 12.1. The van der Waals surface area contributed by atoms with Gasteiger partial charge in [0, 0.05) is 11.1 Å². The third-order valence-electron chi connectivity index (χ3n) is 4.55. The Labute approximate surface area is 151 Å². The van der Waals surface area contributed by atoms with Crippen LogP contribution in [0.5, 0.6) is 5.88 Å². The first kappa shape index (κ1) is 16.1. The zero-order valence-corrected chi connectivity index (χ0v) is 14.6. The summed E-state index contributed by atoms with van der Waals surface area (Å²) in [6.07, 6.45) is 1.72. The molecule has 0 saturated carbocycles. The van der Waals surface area contributed by atoms with Crippen molar-refractivity contribution in [2.45, 2.75) is 25.9 Å². The van der Waals surface area contributed by atoms with Gasteiger partial charge in [-0.05, 0) is 49.1 Å². The van der Waals surface area contributed by atoms with Gasteiger partial charge in [-0.25, -0.2) is 9.37 Å². The average Bonchev–Trinajstić information content (AvgIpc) is 2.63. The zero-order chi connectivity index (χ0) is 17.4. The maximum Gasteiger partial charge on any atom is 0.218 e. The van der Waals surface area contributed by atoms with Crippen LogP contribution in [-0.4, -0.2) is 4.98 Å². The molecule has 3 aromatic rings. The lowest BCUT2D eigenvalue weighted by atomic mass is 9.96. The molecule has 25 heavy (non-hydrogen) atoms. The van der Waals surface area contributed by atoms with Crippen molar-refractivity contribution < 1.29 is 9.13 Å². The van der Waals surface area contributed by atoms with Gasteiger partial charge in [0.2, 0.25) is 5.88 Å². The highest BCUT2D eigenvalue weighted by molar-refractivity contribution is 6.29. The fourth-order valence-electron chi connectivity index (χ4n) is 3.19. The second-order valence-corrected chi connectivity index (χ2v) is 6.74. The molecule has 0 aliphatic carbocycles. The second-order valence-electron chi connectivity index (χ2n) is 6.35. The topological polar surface area (TPSA) is 22.1 Å². The summed E-state index contributed by atoms with van der Waals surface area (Å²) in [5.41, 5.74) is 4.66. The number of ether oxygens (including phenoxy) is 1. The van der Waals surface area contributed by atoms with Crippen LogP contribution in [0.15, 0.2) is 54.6 Å². The highest BCUT2D eigenvalue weighted by Gasteiger charge is 2.22. The Morgan fingerprint density at radius 3 is 2.68 bits per heavy atom. The standard InChI is InChI=1S/C21H17ClFNO/c1-13-2-9-18(23)17(12-13)14-3-5-15(6-4-14)19-10-7-16-8-11-20(22)24-21(16)25-19/h2-6,8-9,11-12,19H,7,10H2,1H3. The fraction of sp³-hybridized carbons (Fsp3) is 0.190. The number of aryl methyl sites for hydroxylation is 2. The molecule has 4 heteroatoms. The molecule has 2 nitrogen and oxygen atoms in total. The zero-order valence-electron chi connectivity index (χ0n) is 13.8. The molecule has 0 radical (unpaired) electrons. The number of benzene rings is 2. The van der Waals surface area contributed by atoms with Gasteiger partial charge >= 0.3 is 0 Å². The lowest BCUT2D eigenvalue weighted by Gasteiger charge is -2.25. The smallest absolute Gasteiger partial charge is 0.218 e. The van der Waals surface area contributed by atoms with Gasteiger partial charge in [0.1, 0.15) is 17.1 Å². The molecule has 1 aromatic heterocycles. The van der Waals surface area contributed by atoms with Gasteiger partial charge in [-0.1, -0.05) is 53.6 Å². The number of nitrogens with zero attached hydrogens (tertiary/aromatic N) is 1. The van der Waals surface area contributed by atoms with Crippen LogP contribution in [0.25, 0.3) is 11.1 Å². The molecule has 0 fully saturated rings. The van der Waals surface area contributed by atoms with Crippen molar-refractivity contribution in [3.05, 3.63) is 82.3 Å². The van der Waals surface area contributed by atoms with Gasteiger partial charge in [-0.2, -0.15) is 0 Å². The first-order valence-electron chi connectivity index (χ1n) is 8.29. The Balaban J connectivity index is 1.60. The summed E-state index contributed by atoms with van der Waals surface area (Å²) in [7, 11) is 0. The van der Waals surface area contributed by atoms with Crippen LogP contribution in [0.4, 0.5) is 4.39 Å². The van der Waals surface area contributed by atoms with Crippen LogP contribution in [0.3, 0.4) is 0 Å². The van der Waals surface area contributed by atoms with Gasteiger partial charge in [0.15, 0.2) is 0 Å². The molecule has 2 aromatic carbocycles. The molecule has 1 atom stereocenters. The highest BCUT2D eigenvalue weighted by atomic mass is 35.5. The second kappa shape index (κ2) is 6.49. The van der Waals surface area contributed by atoms with E-state index in [-0.39, 0.29) is 11.9 Å². The minimum atomic E-state index is -0.208. The van der Waals surface area contributed by atoms with E-state index in [9.17, 15) is 4.39 Å². The van der Waals surface area contributed by atoms with E-state index < -0.39 is 0 Å². The molecule has 1 aliphatic rings. The minimum Gasteiger partial charge on any atom is -0.469 e. The molecular weight excluding hydrogens is 337 g/mol. The Kier molecular flexibility index (Phi) is 4.18. The highest BCUT2D eigenvalue weighted by Crippen LogP contribution is 2.35. The van der Waals surface area contributed by atoms with Crippen LogP contribution in [-0.2, 0) is 6.42 Å². The van der Waals surface area contributed by atoms with Gasteiger partial charge < -0.3 is 4.74 Å². The van der Waals surface area contributed by atoms with Gasteiger partial charge in [-0.15, -0.1) is 0 Å². The minimum absolute atomic E-state index is 0.0603. The van der Waals surface area contributed by atoms with Crippen LogP contribution < -0.4 is 4.74 Å².